The Morgan fingerprint density at radius 2 is 2.06 bits per heavy atom. The molecule has 6 nitrogen and oxygen atoms in total. The van der Waals surface area contributed by atoms with Crippen LogP contribution in [0.15, 0.2) is 23.2 Å². The van der Waals surface area contributed by atoms with Crippen LogP contribution in [0.4, 0.5) is 5.69 Å². The molecule has 3 aliphatic rings. The zero-order valence-corrected chi connectivity index (χ0v) is 19.1. The number of nitrogens with zero attached hydrogens (tertiary/aromatic N) is 2. The Balaban J connectivity index is 1.34. The van der Waals surface area contributed by atoms with E-state index in [2.05, 4.69) is 23.3 Å². The molecule has 32 heavy (non-hydrogen) atoms. The van der Waals surface area contributed by atoms with Crippen LogP contribution < -0.4 is 15.8 Å². The highest BCUT2D eigenvalue weighted by atomic mass is 16.5. The van der Waals surface area contributed by atoms with E-state index < -0.39 is 0 Å². The van der Waals surface area contributed by atoms with Crippen molar-refractivity contribution in [1.29, 1.82) is 0 Å². The zero-order valence-electron chi connectivity index (χ0n) is 19.1. The maximum atomic E-state index is 13.1. The van der Waals surface area contributed by atoms with Gasteiger partial charge in [0, 0.05) is 52.7 Å². The number of ether oxygens (including phenoxy) is 1. The molecule has 6 heteroatoms. The van der Waals surface area contributed by atoms with Crippen molar-refractivity contribution in [3.63, 3.8) is 0 Å². The van der Waals surface area contributed by atoms with E-state index in [9.17, 15) is 4.79 Å². The van der Waals surface area contributed by atoms with Crippen molar-refractivity contribution in [3.8, 4) is 5.75 Å². The smallest absolute Gasteiger partial charge is 0.251 e. The van der Waals surface area contributed by atoms with Gasteiger partial charge in [0.05, 0.1) is 18.3 Å². The SMILES string of the molecule is Cc1cc(C(=O)NCC(c2cc3c(c(C)n2)OCC3C)C2CC2)cc(C=NC2CC2)c1N. The van der Waals surface area contributed by atoms with Gasteiger partial charge >= 0.3 is 0 Å². The van der Waals surface area contributed by atoms with Gasteiger partial charge in [-0.2, -0.15) is 0 Å². The molecule has 2 saturated carbocycles. The lowest BCUT2D eigenvalue weighted by Crippen LogP contribution is -2.30. The summed E-state index contributed by atoms with van der Waals surface area (Å²) in [6.07, 6.45) is 6.48. The largest absolute Gasteiger partial charge is 0.491 e. The van der Waals surface area contributed by atoms with Gasteiger partial charge in [-0.15, -0.1) is 0 Å². The lowest BCUT2D eigenvalue weighted by atomic mass is 9.94. The molecule has 0 radical (unpaired) electrons. The number of carbonyl (C=O) groups excluding carboxylic acids is 1. The molecular formula is C26H32N4O2. The van der Waals surface area contributed by atoms with Crippen LogP contribution >= 0.6 is 0 Å². The molecule has 2 atom stereocenters. The van der Waals surface area contributed by atoms with Crippen LogP contribution in [0.3, 0.4) is 0 Å². The molecule has 2 aliphatic carbocycles. The summed E-state index contributed by atoms with van der Waals surface area (Å²) < 4.78 is 5.83. The molecule has 1 amide bonds. The fraction of sp³-hybridized carbons (Fsp3) is 0.500. The van der Waals surface area contributed by atoms with Gasteiger partial charge in [-0.1, -0.05) is 6.92 Å². The minimum absolute atomic E-state index is 0.0746. The fourth-order valence-electron chi connectivity index (χ4n) is 4.54. The van der Waals surface area contributed by atoms with Gasteiger partial charge in [0.25, 0.3) is 5.91 Å². The van der Waals surface area contributed by atoms with Crippen LogP contribution in [0, 0.1) is 19.8 Å². The number of aromatic nitrogens is 1. The summed E-state index contributed by atoms with van der Waals surface area (Å²) in [4.78, 5) is 22.5. The molecule has 1 aliphatic heterocycles. The van der Waals surface area contributed by atoms with Gasteiger partial charge in [0.2, 0.25) is 0 Å². The first-order valence-corrected chi connectivity index (χ1v) is 11.8. The van der Waals surface area contributed by atoms with Gasteiger partial charge in [-0.3, -0.25) is 14.8 Å². The van der Waals surface area contributed by atoms with Crippen molar-refractivity contribution in [1.82, 2.24) is 10.3 Å². The van der Waals surface area contributed by atoms with E-state index in [1.807, 2.05) is 32.2 Å². The van der Waals surface area contributed by atoms with Crippen molar-refractivity contribution in [2.24, 2.45) is 10.9 Å². The summed E-state index contributed by atoms with van der Waals surface area (Å²) in [6.45, 7) is 7.45. The number of carbonyl (C=O) groups is 1. The third-order valence-corrected chi connectivity index (χ3v) is 6.91. The molecule has 5 rings (SSSR count). The number of pyridine rings is 1. The minimum Gasteiger partial charge on any atom is -0.491 e. The van der Waals surface area contributed by atoms with E-state index in [1.165, 1.54) is 18.4 Å². The standard InChI is InChI=1S/C26H32N4O2/c1-14-8-18(9-19(24(14)27)11-28-20-6-7-20)26(31)29-12-22(17-4-5-17)23-10-21-15(2)13-32-25(21)16(3)30-23/h8-11,15,17,20,22H,4-7,12-13,27H2,1-3H3,(H,29,31). The summed E-state index contributed by atoms with van der Waals surface area (Å²) in [5.74, 6) is 2.05. The number of anilines is 1. The number of amides is 1. The Labute approximate surface area is 189 Å². The molecule has 0 bridgehead atoms. The maximum Gasteiger partial charge on any atom is 0.251 e. The van der Waals surface area contributed by atoms with Crippen molar-refractivity contribution < 1.29 is 9.53 Å². The van der Waals surface area contributed by atoms with Crippen LogP contribution in [0.1, 0.15) is 82.9 Å². The van der Waals surface area contributed by atoms with Crippen LogP contribution in [0.25, 0.3) is 0 Å². The molecule has 3 N–H and O–H groups in total. The van der Waals surface area contributed by atoms with E-state index in [1.54, 1.807) is 0 Å². The molecule has 0 spiro atoms. The predicted octanol–water partition coefficient (Wildman–Crippen LogP) is 4.28. The fourth-order valence-corrected chi connectivity index (χ4v) is 4.54. The normalized spacial score (nSPS) is 20.8. The van der Waals surface area contributed by atoms with Crippen LogP contribution in [0.5, 0.6) is 5.75 Å². The summed E-state index contributed by atoms with van der Waals surface area (Å²) in [6, 6.07) is 6.34. The Hall–Kier alpha value is -2.89. The van der Waals surface area contributed by atoms with E-state index in [0.29, 0.717) is 35.7 Å². The van der Waals surface area contributed by atoms with Crippen LogP contribution in [-0.2, 0) is 0 Å². The molecule has 168 valence electrons. The third kappa shape index (κ3) is 4.23. The molecule has 2 fully saturated rings. The number of nitrogens with two attached hydrogens (primary N) is 1. The van der Waals surface area contributed by atoms with Crippen molar-refractivity contribution in [3.05, 3.63) is 51.8 Å². The second kappa shape index (κ2) is 8.23. The number of aliphatic imine (C=N–C) groups is 1. The Kier molecular flexibility index (Phi) is 5.39. The van der Waals surface area contributed by atoms with Gasteiger partial charge in [-0.25, -0.2) is 0 Å². The number of fused-ring (bicyclic) bond motifs is 1. The van der Waals surface area contributed by atoms with Gasteiger partial charge in [-0.05, 0) is 69.2 Å². The average Bonchev–Trinajstić information content (AvgIpc) is 3.69. The average molecular weight is 433 g/mol. The summed E-state index contributed by atoms with van der Waals surface area (Å²) in [5.41, 5.74) is 12.6. The number of nitrogen functional groups attached to an aromatic ring is 1. The van der Waals surface area contributed by atoms with E-state index >= 15 is 0 Å². The minimum atomic E-state index is -0.0746. The van der Waals surface area contributed by atoms with Gasteiger partial charge < -0.3 is 15.8 Å². The Morgan fingerprint density at radius 1 is 1.28 bits per heavy atom. The van der Waals surface area contributed by atoms with Crippen LogP contribution in [0.2, 0.25) is 0 Å². The van der Waals surface area contributed by atoms with E-state index in [4.69, 9.17) is 15.5 Å². The number of rotatable bonds is 7. The summed E-state index contributed by atoms with van der Waals surface area (Å²) >= 11 is 0. The molecule has 1 aromatic carbocycles. The molecule has 1 aromatic heterocycles. The first kappa shape index (κ1) is 21.0. The number of aryl methyl sites for hydroxylation is 2. The van der Waals surface area contributed by atoms with Gasteiger partial charge in [0.1, 0.15) is 5.75 Å². The van der Waals surface area contributed by atoms with Crippen molar-refractivity contribution in [2.75, 3.05) is 18.9 Å². The Morgan fingerprint density at radius 3 is 2.78 bits per heavy atom. The van der Waals surface area contributed by atoms with Crippen LogP contribution in [-0.4, -0.2) is 36.3 Å². The highest BCUT2D eigenvalue weighted by molar-refractivity contribution is 5.98. The monoisotopic (exact) mass is 432 g/mol. The van der Waals surface area contributed by atoms with Gasteiger partial charge in [0.15, 0.2) is 0 Å². The molecule has 0 saturated heterocycles. The zero-order chi connectivity index (χ0) is 22.4. The lowest BCUT2D eigenvalue weighted by Gasteiger charge is -2.19. The third-order valence-electron chi connectivity index (χ3n) is 6.91. The first-order valence-electron chi connectivity index (χ1n) is 11.8. The summed E-state index contributed by atoms with van der Waals surface area (Å²) in [5, 5.41) is 3.17. The number of benzene rings is 1. The molecule has 2 aromatic rings. The van der Waals surface area contributed by atoms with Crippen molar-refractivity contribution >= 4 is 17.8 Å². The second-order valence-corrected chi connectivity index (χ2v) is 9.72. The predicted molar refractivity (Wildman–Crippen MR) is 127 cm³/mol. The Bertz CT molecular complexity index is 1090. The number of hydrogen-bond donors (Lipinski definition) is 2. The quantitative estimate of drug-likeness (QED) is 0.505. The summed E-state index contributed by atoms with van der Waals surface area (Å²) in [7, 11) is 0. The lowest BCUT2D eigenvalue weighted by molar-refractivity contribution is 0.0950. The van der Waals surface area contributed by atoms with Crippen molar-refractivity contribution in [2.45, 2.75) is 64.3 Å². The maximum absolute atomic E-state index is 13.1. The number of nitrogens with one attached hydrogen (secondary N) is 1. The molecular weight excluding hydrogens is 400 g/mol. The highest BCUT2D eigenvalue weighted by Gasteiger charge is 2.35. The van der Waals surface area contributed by atoms with E-state index in [0.717, 1.165) is 47.7 Å². The first-order chi connectivity index (χ1) is 15.4. The molecule has 2 unspecified atom stereocenters. The highest BCUT2D eigenvalue weighted by Crippen LogP contribution is 2.44. The van der Waals surface area contributed by atoms with E-state index in [-0.39, 0.29) is 11.8 Å². The molecule has 2 heterocycles. The topological polar surface area (TPSA) is 89.6 Å². The number of hydrogen-bond acceptors (Lipinski definition) is 5. The second-order valence-electron chi connectivity index (χ2n) is 9.72.